The summed E-state index contributed by atoms with van der Waals surface area (Å²) in [5.41, 5.74) is -0.417. The highest BCUT2D eigenvalue weighted by atomic mass is 19.4. The first kappa shape index (κ1) is 15.4. The van der Waals surface area contributed by atoms with Crippen LogP contribution in [0.4, 0.5) is 19.1 Å². The summed E-state index contributed by atoms with van der Waals surface area (Å²) in [7, 11) is 1.58. The van der Waals surface area contributed by atoms with Crippen LogP contribution in [0.15, 0.2) is 36.7 Å². The fourth-order valence-corrected chi connectivity index (χ4v) is 1.99. The Hall–Kier alpha value is -2.02. The first-order chi connectivity index (χ1) is 10.0. The summed E-state index contributed by atoms with van der Waals surface area (Å²) < 4.78 is 45.5. The molecule has 1 heterocycles. The summed E-state index contributed by atoms with van der Waals surface area (Å²) in [5.74, 6) is 0.518. The minimum atomic E-state index is -4.36. The van der Waals surface area contributed by atoms with E-state index >= 15 is 0 Å². The Bertz CT molecular complexity index is 581. The van der Waals surface area contributed by atoms with E-state index in [1.165, 1.54) is 12.1 Å². The Morgan fingerprint density at radius 3 is 2.76 bits per heavy atom. The smallest absolute Gasteiger partial charge is 0.383 e. The number of nitrogens with one attached hydrogen (secondary N) is 1. The molecule has 1 aromatic carbocycles. The molecule has 21 heavy (non-hydrogen) atoms. The molecule has 7 heteroatoms. The van der Waals surface area contributed by atoms with E-state index in [0.29, 0.717) is 19.1 Å². The molecule has 0 aliphatic heterocycles. The van der Waals surface area contributed by atoms with Gasteiger partial charge in [-0.15, -0.1) is 0 Å². The minimum absolute atomic E-state index is 0.102. The number of rotatable bonds is 6. The molecule has 1 N–H and O–H groups in total. The summed E-state index contributed by atoms with van der Waals surface area (Å²) in [4.78, 5) is 4.09. The molecule has 0 aliphatic rings. The van der Waals surface area contributed by atoms with Gasteiger partial charge in [-0.05, 0) is 11.6 Å². The standard InChI is InChI=1S/C14H16F3N3O/c1-21-9-7-19-13-18-6-8-20(13)10-11-4-2-3-5-12(11)14(15,16)17/h2-6,8H,7,9-10H2,1H3,(H,18,19). The molecular weight excluding hydrogens is 283 g/mol. The molecule has 2 aromatic rings. The van der Waals surface area contributed by atoms with Crippen molar-refractivity contribution < 1.29 is 17.9 Å². The number of aromatic nitrogens is 2. The van der Waals surface area contributed by atoms with Crippen molar-refractivity contribution in [3.63, 3.8) is 0 Å². The number of ether oxygens (including phenoxy) is 1. The molecule has 0 saturated heterocycles. The van der Waals surface area contributed by atoms with Gasteiger partial charge in [-0.3, -0.25) is 0 Å². The molecule has 1 aromatic heterocycles. The second-order valence-corrected chi connectivity index (χ2v) is 4.45. The lowest BCUT2D eigenvalue weighted by atomic mass is 10.1. The molecule has 0 bridgehead atoms. The molecule has 0 radical (unpaired) electrons. The maximum Gasteiger partial charge on any atom is 0.416 e. The Morgan fingerprint density at radius 2 is 2.05 bits per heavy atom. The number of imidazole rings is 1. The number of methoxy groups -OCH3 is 1. The van der Waals surface area contributed by atoms with Gasteiger partial charge in [0.25, 0.3) is 0 Å². The van der Waals surface area contributed by atoms with E-state index in [2.05, 4.69) is 10.3 Å². The number of benzene rings is 1. The molecule has 0 atom stereocenters. The highest BCUT2D eigenvalue weighted by Gasteiger charge is 2.32. The summed E-state index contributed by atoms with van der Waals surface area (Å²) in [6.07, 6.45) is -1.17. The third-order valence-corrected chi connectivity index (χ3v) is 2.97. The number of anilines is 1. The van der Waals surface area contributed by atoms with Crippen molar-refractivity contribution >= 4 is 5.95 Å². The normalized spacial score (nSPS) is 11.6. The lowest BCUT2D eigenvalue weighted by molar-refractivity contribution is -0.138. The SMILES string of the molecule is COCCNc1nccn1Cc1ccccc1C(F)(F)F. The van der Waals surface area contributed by atoms with Crippen molar-refractivity contribution in [3.8, 4) is 0 Å². The topological polar surface area (TPSA) is 39.1 Å². The Labute approximate surface area is 120 Å². The second-order valence-electron chi connectivity index (χ2n) is 4.45. The predicted octanol–water partition coefficient (Wildman–Crippen LogP) is 3.01. The zero-order chi connectivity index (χ0) is 15.3. The lowest BCUT2D eigenvalue weighted by Gasteiger charge is -2.14. The number of halogens is 3. The van der Waals surface area contributed by atoms with Crippen LogP contribution >= 0.6 is 0 Å². The highest BCUT2D eigenvalue weighted by molar-refractivity contribution is 5.33. The van der Waals surface area contributed by atoms with Crippen LogP contribution in [-0.4, -0.2) is 29.8 Å². The molecule has 0 saturated carbocycles. The lowest BCUT2D eigenvalue weighted by Crippen LogP contribution is -2.15. The van der Waals surface area contributed by atoms with E-state index in [1.807, 2.05) is 0 Å². The Kier molecular flexibility index (Phi) is 4.85. The molecule has 0 aliphatic carbocycles. The molecule has 4 nitrogen and oxygen atoms in total. The zero-order valence-corrected chi connectivity index (χ0v) is 11.5. The van der Waals surface area contributed by atoms with Crippen molar-refractivity contribution in [1.29, 1.82) is 0 Å². The van der Waals surface area contributed by atoms with Crippen molar-refractivity contribution in [1.82, 2.24) is 9.55 Å². The van der Waals surface area contributed by atoms with Crippen LogP contribution in [0.3, 0.4) is 0 Å². The van der Waals surface area contributed by atoms with Crippen LogP contribution in [0.25, 0.3) is 0 Å². The highest BCUT2D eigenvalue weighted by Crippen LogP contribution is 2.32. The quantitative estimate of drug-likeness (QED) is 0.833. The fourth-order valence-electron chi connectivity index (χ4n) is 1.99. The fraction of sp³-hybridized carbons (Fsp3) is 0.357. The van der Waals surface area contributed by atoms with Gasteiger partial charge < -0.3 is 14.6 Å². The van der Waals surface area contributed by atoms with Gasteiger partial charge in [0.15, 0.2) is 0 Å². The van der Waals surface area contributed by atoms with Crippen LogP contribution in [0.5, 0.6) is 0 Å². The van der Waals surface area contributed by atoms with Crippen LogP contribution in [0.1, 0.15) is 11.1 Å². The molecule has 0 fully saturated rings. The number of hydrogen-bond acceptors (Lipinski definition) is 3. The zero-order valence-electron chi connectivity index (χ0n) is 11.5. The first-order valence-electron chi connectivity index (χ1n) is 6.41. The van der Waals surface area contributed by atoms with Gasteiger partial charge >= 0.3 is 6.18 Å². The molecule has 0 unspecified atom stereocenters. The van der Waals surface area contributed by atoms with Crippen LogP contribution in [0.2, 0.25) is 0 Å². The van der Waals surface area contributed by atoms with Crippen LogP contribution in [0, 0.1) is 0 Å². The van der Waals surface area contributed by atoms with Gasteiger partial charge in [-0.25, -0.2) is 4.98 Å². The largest absolute Gasteiger partial charge is 0.416 e. The molecule has 2 rings (SSSR count). The van der Waals surface area contributed by atoms with E-state index in [9.17, 15) is 13.2 Å². The monoisotopic (exact) mass is 299 g/mol. The molecule has 0 spiro atoms. The van der Waals surface area contributed by atoms with E-state index in [-0.39, 0.29) is 12.1 Å². The first-order valence-corrected chi connectivity index (χ1v) is 6.41. The third kappa shape index (κ3) is 3.98. The third-order valence-electron chi connectivity index (χ3n) is 2.97. The van der Waals surface area contributed by atoms with Gasteiger partial charge in [-0.2, -0.15) is 13.2 Å². The van der Waals surface area contributed by atoms with E-state index in [0.717, 1.165) is 6.07 Å². The average Bonchev–Trinajstić information content (AvgIpc) is 2.86. The van der Waals surface area contributed by atoms with Gasteiger partial charge in [0.05, 0.1) is 18.7 Å². The van der Waals surface area contributed by atoms with Gasteiger partial charge in [0.1, 0.15) is 0 Å². The van der Waals surface area contributed by atoms with Crippen molar-refractivity contribution in [2.45, 2.75) is 12.7 Å². The molecule has 0 amide bonds. The molecule has 114 valence electrons. The van der Waals surface area contributed by atoms with Crippen LogP contribution in [-0.2, 0) is 17.5 Å². The predicted molar refractivity (Wildman–Crippen MR) is 73.1 cm³/mol. The maximum absolute atomic E-state index is 13.0. The van der Waals surface area contributed by atoms with E-state index in [4.69, 9.17) is 4.74 Å². The van der Waals surface area contributed by atoms with Crippen molar-refractivity contribution in [3.05, 3.63) is 47.8 Å². The van der Waals surface area contributed by atoms with E-state index < -0.39 is 11.7 Å². The number of hydrogen-bond donors (Lipinski definition) is 1. The van der Waals surface area contributed by atoms with Crippen molar-refractivity contribution in [2.75, 3.05) is 25.6 Å². The summed E-state index contributed by atoms with van der Waals surface area (Å²) in [6.45, 7) is 1.13. The summed E-state index contributed by atoms with van der Waals surface area (Å²) in [5, 5.41) is 3.02. The summed E-state index contributed by atoms with van der Waals surface area (Å²) >= 11 is 0. The number of alkyl halides is 3. The van der Waals surface area contributed by atoms with E-state index in [1.54, 1.807) is 30.1 Å². The van der Waals surface area contributed by atoms with Gasteiger partial charge in [0, 0.05) is 26.0 Å². The van der Waals surface area contributed by atoms with Crippen LogP contribution < -0.4 is 5.32 Å². The second kappa shape index (κ2) is 6.62. The van der Waals surface area contributed by atoms with Crippen molar-refractivity contribution in [2.24, 2.45) is 0 Å². The Balaban J connectivity index is 2.18. The molecular formula is C14H16F3N3O. The maximum atomic E-state index is 13.0. The number of nitrogens with zero attached hydrogens (tertiary/aromatic N) is 2. The minimum Gasteiger partial charge on any atom is -0.383 e. The average molecular weight is 299 g/mol. The summed E-state index contributed by atoms with van der Waals surface area (Å²) in [6, 6.07) is 5.55. The van der Waals surface area contributed by atoms with Gasteiger partial charge in [0.2, 0.25) is 5.95 Å². The van der Waals surface area contributed by atoms with Gasteiger partial charge in [-0.1, -0.05) is 18.2 Å². The Morgan fingerprint density at radius 1 is 1.29 bits per heavy atom.